The van der Waals surface area contributed by atoms with Crippen molar-refractivity contribution >= 4 is 29.3 Å². The molecule has 0 saturated carbocycles. The standard InChI is InChI=1S/C26H33ClN4O3/c1-5-12-28-26(33)30(13-14-34-4)17-25(32)31-24(21-8-6-7-9-22(21)27)16-23(29-31)20-11-10-18(2)19(3)15-20/h6-11,15,24H,5,12-14,16-17H2,1-4H3,(H,28,33)/t24-/m1/s1. The summed E-state index contributed by atoms with van der Waals surface area (Å²) in [5.74, 6) is -0.272. The van der Waals surface area contributed by atoms with Crippen LogP contribution in [0.3, 0.4) is 0 Å². The maximum absolute atomic E-state index is 13.5. The highest BCUT2D eigenvalue weighted by molar-refractivity contribution is 6.31. The van der Waals surface area contributed by atoms with Crippen LogP contribution in [-0.4, -0.2) is 60.9 Å². The maximum Gasteiger partial charge on any atom is 0.317 e. The molecule has 1 aliphatic rings. The maximum atomic E-state index is 13.5. The van der Waals surface area contributed by atoms with Crippen molar-refractivity contribution in [1.82, 2.24) is 15.2 Å². The number of hydrogen-bond acceptors (Lipinski definition) is 4. The molecule has 2 aromatic rings. The van der Waals surface area contributed by atoms with Crippen LogP contribution in [0.1, 0.15) is 48.1 Å². The van der Waals surface area contributed by atoms with E-state index in [4.69, 9.17) is 21.4 Å². The van der Waals surface area contributed by atoms with Crippen molar-refractivity contribution in [3.05, 3.63) is 69.7 Å². The highest BCUT2D eigenvalue weighted by Crippen LogP contribution is 2.36. The Hall–Kier alpha value is -2.90. The fourth-order valence-electron chi connectivity index (χ4n) is 3.86. The number of amides is 3. The Morgan fingerprint density at radius 2 is 1.97 bits per heavy atom. The molecule has 7 nitrogen and oxygen atoms in total. The molecule has 1 heterocycles. The van der Waals surface area contributed by atoms with E-state index in [-0.39, 0.29) is 24.5 Å². The van der Waals surface area contributed by atoms with Gasteiger partial charge in [0, 0.05) is 31.6 Å². The quantitative estimate of drug-likeness (QED) is 0.560. The van der Waals surface area contributed by atoms with Crippen molar-refractivity contribution in [2.24, 2.45) is 5.10 Å². The second-order valence-electron chi connectivity index (χ2n) is 8.47. The minimum absolute atomic E-state index is 0.108. The monoisotopic (exact) mass is 484 g/mol. The minimum atomic E-state index is -0.346. The summed E-state index contributed by atoms with van der Waals surface area (Å²) in [4.78, 5) is 27.6. The van der Waals surface area contributed by atoms with Crippen molar-refractivity contribution in [3.8, 4) is 0 Å². The molecule has 3 amide bonds. The Kier molecular flexibility index (Phi) is 9.07. The van der Waals surface area contributed by atoms with Crippen LogP contribution in [0.2, 0.25) is 5.02 Å². The van der Waals surface area contributed by atoms with E-state index in [0.29, 0.717) is 31.1 Å². The second kappa shape index (κ2) is 12.0. The molecule has 34 heavy (non-hydrogen) atoms. The van der Waals surface area contributed by atoms with E-state index >= 15 is 0 Å². The number of carbonyl (C=O) groups is 2. The van der Waals surface area contributed by atoms with Gasteiger partial charge in [0.2, 0.25) is 0 Å². The first-order valence-corrected chi connectivity index (χ1v) is 12.0. The zero-order valence-electron chi connectivity index (χ0n) is 20.3. The molecule has 1 N–H and O–H groups in total. The van der Waals surface area contributed by atoms with Crippen molar-refractivity contribution in [2.75, 3.05) is 33.4 Å². The summed E-state index contributed by atoms with van der Waals surface area (Å²) in [5, 5.41) is 9.64. The third-order valence-corrected chi connectivity index (χ3v) is 6.32. The van der Waals surface area contributed by atoms with Gasteiger partial charge >= 0.3 is 6.03 Å². The predicted molar refractivity (Wildman–Crippen MR) is 135 cm³/mol. The first-order chi connectivity index (χ1) is 16.3. The summed E-state index contributed by atoms with van der Waals surface area (Å²) in [6.07, 6.45) is 1.35. The SMILES string of the molecule is CCCNC(=O)N(CCOC)CC(=O)N1N=C(c2ccc(C)c(C)c2)C[C@@H]1c1ccccc1Cl. The van der Waals surface area contributed by atoms with Crippen molar-refractivity contribution < 1.29 is 14.3 Å². The average molecular weight is 485 g/mol. The van der Waals surface area contributed by atoms with Crippen LogP contribution in [0.5, 0.6) is 0 Å². The highest BCUT2D eigenvalue weighted by Gasteiger charge is 2.35. The zero-order chi connectivity index (χ0) is 24.7. The molecule has 0 aromatic heterocycles. The number of urea groups is 1. The summed E-state index contributed by atoms with van der Waals surface area (Å²) in [7, 11) is 1.57. The number of nitrogens with zero attached hydrogens (tertiary/aromatic N) is 3. The van der Waals surface area contributed by atoms with Gasteiger partial charge in [0.1, 0.15) is 6.54 Å². The lowest BCUT2D eigenvalue weighted by Gasteiger charge is -2.27. The largest absolute Gasteiger partial charge is 0.383 e. The lowest BCUT2D eigenvalue weighted by molar-refractivity contribution is -0.133. The third-order valence-electron chi connectivity index (χ3n) is 5.98. The first-order valence-electron chi connectivity index (χ1n) is 11.6. The van der Waals surface area contributed by atoms with Crippen LogP contribution in [0.25, 0.3) is 0 Å². The van der Waals surface area contributed by atoms with Gasteiger partial charge in [-0.2, -0.15) is 5.10 Å². The molecule has 0 unspecified atom stereocenters. The van der Waals surface area contributed by atoms with Gasteiger partial charge in [0.15, 0.2) is 0 Å². The predicted octanol–water partition coefficient (Wildman–Crippen LogP) is 4.70. The number of aryl methyl sites for hydroxylation is 2. The van der Waals surface area contributed by atoms with Gasteiger partial charge in [-0.25, -0.2) is 9.80 Å². The van der Waals surface area contributed by atoms with E-state index in [1.807, 2.05) is 37.3 Å². The molecule has 3 rings (SSSR count). The van der Waals surface area contributed by atoms with Crippen molar-refractivity contribution in [2.45, 2.75) is 39.7 Å². The van der Waals surface area contributed by atoms with E-state index in [1.54, 1.807) is 7.11 Å². The van der Waals surface area contributed by atoms with Gasteiger partial charge < -0.3 is 15.0 Å². The molecule has 0 saturated heterocycles. The molecule has 2 aromatic carbocycles. The van der Waals surface area contributed by atoms with Gasteiger partial charge in [-0.1, -0.05) is 48.9 Å². The molecule has 0 aliphatic carbocycles. The molecule has 0 fully saturated rings. The number of carbonyl (C=O) groups excluding carboxylic acids is 2. The Labute approximate surface area is 206 Å². The number of hydrogen-bond donors (Lipinski definition) is 1. The summed E-state index contributed by atoms with van der Waals surface area (Å²) in [5.41, 5.74) is 4.99. The van der Waals surface area contributed by atoms with Crippen molar-refractivity contribution in [3.63, 3.8) is 0 Å². The lowest BCUT2D eigenvalue weighted by Crippen LogP contribution is -2.47. The van der Waals surface area contributed by atoms with E-state index in [1.165, 1.54) is 15.5 Å². The molecule has 182 valence electrons. The number of hydrazone groups is 1. The fraction of sp³-hybridized carbons (Fsp3) is 0.423. The van der Waals surface area contributed by atoms with Crippen LogP contribution in [0.4, 0.5) is 4.79 Å². The molecule has 0 radical (unpaired) electrons. The van der Waals surface area contributed by atoms with Gasteiger partial charge in [-0.15, -0.1) is 0 Å². The molecule has 1 aliphatic heterocycles. The summed E-state index contributed by atoms with van der Waals surface area (Å²) < 4.78 is 5.14. The van der Waals surface area contributed by atoms with E-state index in [2.05, 4.69) is 31.3 Å². The average Bonchev–Trinajstić information content (AvgIpc) is 3.27. The van der Waals surface area contributed by atoms with E-state index < -0.39 is 0 Å². The summed E-state index contributed by atoms with van der Waals surface area (Å²) in [6, 6.07) is 13.0. The highest BCUT2D eigenvalue weighted by atomic mass is 35.5. The number of halogens is 1. The third kappa shape index (κ3) is 6.15. The van der Waals surface area contributed by atoms with Crippen molar-refractivity contribution in [1.29, 1.82) is 0 Å². The molecular weight excluding hydrogens is 452 g/mol. The van der Waals surface area contributed by atoms with Gasteiger partial charge in [0.05, 0.1) is 18.4 Å². The Morgan fingerprint density at radius 1 is 1.21 bits per heavy atom. The van der Waals surface area contributed by atoms with Gasteiger partial charge in [-0.3, -0.25) is 4.79 Å². The van der Waals surface area contributed by atoms with E-state index in [9.17, 15) is 9.59 Å². The molecular formula is C26H33ClN4O3. The smallest absolute Gasteiger partial charge is 0.317 e. The summed E-state index contributed by atoms with van der Waals surface area (Å²) in [6.45, 7) is 7.17. The fourth-order valence-corrected chi connectivity index (χ4v) is 4.12. The molecule has 0 bridgehead atoms. The second-order valence-corrected chi connectivity index (χ2v) is 8.88. The lowest BCUT2D eigenvalue weighted by atomic mass is 9.96. The van der Waals surface area contributed by atoms with Gasteiger partial charge in [-0.05, 0) is 54.7 Å². The Balaban J connectivity index is 1.91. The Morgan fingerprint density at radius 3 is 2.65 bits per heavy atom. The number of benzene rings is 2. The van der Waals surface area contributed by atoms with Gasteiger partial charge in [0.25, 0.3) is 5.91 Å². The van der Waals surface area contributed by atoms with Crippen LogP contribution in [-0.2, 0) is 9.53 Å². The summed E-state index contributed by atoms with van der Waals surface area (Å²) >= 11 is 6.52. The van der Waals surface area contributed by atoms with Crippen LogP contribution in [0.15, 0.2) is 47.6 Å². The topological polar surface area (TPSA) is 74.2 Å². The first kappa shape index (κ1) is 25.7. The zero-order valence-corrected chi connectivity index (χ0v) is 21.1. The number of nitrogens with one attached hydrogen (secondary N) is 1. The van der Waals surface area contributed by atoms with E-state index in [0.717, 1.165) is 28.8 Å². The number of rotatable bonds is 9. The molecule has 1 atom stereocenters. The normalized spacial score (nSPS) is 15.3. The minimum Gasteiger partial charge on any atom is -0.383 e. The number of methoxy groups -OCH3 is 1. The van der Waals surface area contributed by atoms with Crippen LogP contribution >= 0.6 is 11.6 Å². The number of ether oxygens (including phenoxy) is 1. The molecule has 8 heteroatoms. The van der Waals surface area contributed by atoms with Crippen LogP contribution in [0, 0.1) is 13.8 Å². The Bertz CT molecular complexity index is 1060. The van der Waals surface area contributed by atoms with Crippen LogP contribution < -0.4 is 5.32 Å². The molecule has 0 spiro atoms.